The van der Waals surface area contributed by atoms with Gasteiger partial charge in [-0.15, -0.1) is 22.9 Å². The molecule has 210 valence electrons. The van der Waals surface area contributed by atoms with Gasteiger partial charge in [0.2, 0.25) is 5.91 Å². The number of rotatable bonds is 13. The zero-order valence-electron chi connectivity index (χ0n) is 21.1. The Morgan fingerprint density at radius 2 is 1.73 bits per heavy atom. The molecule has 0 aliphatic rings. The summed E-state index contributed by atoms with van der Waals surface area (Å²) < 4.78 is 10.6. The van der Waals surface area contributed by atoms with Gasteiger partial charge in [-0.3, -0.25) is 19.7 Å². The summed E-state index contributed by atoms with van der Waals surface area (Å²) in [7, 11) is 0. The number of alkyl halides is 1. The van der Waals surface area contributed by atoms with Crippen molar-refractivity contribution in [3.05, 3.63) is 87.6 Å². The number of amides is 4. The number of para-hydroxylation sites is 1. The van der Waals surface area contributed by atoms with Crippen LogP contribution in [0, 0.1) is 0 Å². The first kappa shape index (κ1) is 30.6. The smallest absolute Gasteiger partial charge is 0.412 e. The molecule has 0 unspecified atom stereocenters. The SMILES string of the molecule is C=CCOC(=O)Nc1cc(C(=O)Nc2ccccc2CNC(=O)c2ccc(Cl)s2)ccc1NC(=O)COCCCl. The van der Waals surface area contributed by atoms with Crippen LogP contribution < -0.4 is 21.3 Å². The molecule has 13 heteroatoms. The topological polar surface area (TPSA) is 135 Å². The highest BCUT2D eigenvalue weighted by atomic mass is 35.5. The molecule has 0 saturated carbocycles. The molecule has 3 aromatic rings. The van der Waals surface area contributed by atoms with Crippen LogP contribution in [0.1, 0.15) is 25.6 Å². The van der Waals surface area contributed by atoms with Crippen molar-refractivity contribution in [3.63, 3.8) is 0 Å². The first-order chi connectivity index (χ1) is 19.3. The summed E-state index contributed by atoms with van der Waals surface area (Å²) in [4.78, 5) is 50.5. The molecule has 4 N–H and O–H groups in total. The number of halogens is 2. The van der Waals surface area contributed by atoms with E-state index in [9.17, 15) is 19.2 Å². The average molecular weight is 606 g/mol. The van der Waals surface area contributed by atoms with Crippen LogP contribution in [0.25, 0.3) is 0 Å². The minimum Gasteiger partial charge on any atom is -0.445 e. The van der Waals surface area contributed by atoms with E-state index in [2.05, 4.69) is 27.8 Å². The predicted molar refractivity (Wildman–Crippen MR) is 157 cm³/mol. The third-order valence-corrected chi connectivity index (χ3v) is 6.47. The van der Waals surface area contributed by atoms with Crippen molar-refractivity contribution in [3.8, 4) is 0 Å². The molecule has 40 heavy (non-hydrogen) atoms. The molecule has 0 aliphatic carbocycles. The predicted octanol–water partition coefficient (Wildman–Crippen LogP) is 5.51. The lowest BCUT2D eigenvalue weighted by molar-refractivity contribution is -0.120. The van der Waals surface area contributed by atoms with Gasteiger partial charge in [0, 0.05) is 23.7 Å². The van der Waals surface area contributed by atoms with Crippen molar-refractivity contribution >= 4 is 75.4 Å². The van der Waals surface area contributed by atoms with Gasteiger partial charge < -0.3 is 25.4 Å². The normalized spacial score (nSPS) is 10.3. The van der Waals surface area contributed by atoms with E-state index in [0.29, 0.717) is 20.5 Å². The zero-order valence-corrected chi connectivity index (χ0v) is 23.5. The fourth-order valence-corrected chi connectivity index (χ4v) is 4.34. The number of benzene rings is 2. The molecule has 10 nitrogen and oxygen atoms in total. The number of ether oxygens (including phenoxy) is 2. The van der Waals surface area contributed by atoms with Crippen molar-refractivity contribution in [1.29, 1.82) is 0 Å². The minimum absolute atomic E-state index is 0.0349. The van der Waals surface area contributed by atoms with E-state index in [1.807, 2.05) is 0 Å². The van der Waals surface area contributed by atoms with Crippen LogP contribution in [0.5, 0.6) is 0 Å². The van der Waals surface area contributed by atoms with Crippen LogP contribution in [0.15, 0.2) is 67.3 Å². The summed E-state index contributed by atoms with van der Waals surface area (Å²) in [5.74, 6) is -1.03. The van der Waals surface area contributed by atoms with Crippen LogP contribution in [0.4, 0.5) is 21.9 Å². The molecule has 1 aromatic heterocycles. The van der Waals surface area contributed by atoms with E-state index >= 15 is 0 Å². The largest absolute Gasteiger partial charge is 0.445 e. The molecule has 0 atom stereocenters. The first-order valence-corrected chi connectivity index (χ1v) is 13.6. The summed E-state index contributed by atoms with van der Waals surface area (Å²) in [5.41, 5.74) is 1.68. The third kappa shape index (κ3) is 9.38. The van der Waals surface area contributed by atoms with Gasteiger partial charge in [0.25, 0.3) is 11.8 Å². The Bertz CT molecular complexity index is 1380. The molecule has 0 spiro atoms. The van der Waals surface area contributed by atoms with Crippen LogP contribution in [0.2, 0.25) is 4.34 Å². The minimum atomic E-state index is -0.806. The van der Waals surface area contributed by atoms with Gasteiger partial charge in [-0.25, -0.2) is 4.79 Å². The van der Waals surface area contributed by atoms with Crippen molar-refractivity contribution in [1.82, 2.24) is 5.32 Å². The maximum absolute atomic E-state index is 13.2. The number of hydrogen-bond donors (Lipinski definition) is 4. The van der Waals surface area contributed by atoms with E-state index in [1.54, 1.807) is 36.4 Å². The van der Waals surface area contributed by atoms with Crippen molar-refractivity contribution in [2.24, 2.45) is 0 Å². The van der Waals surface area contributed by atoms with Gasteiger partial charge in [0.15, 0.2) is 0 Å². The fourth-order valence-electron chi connectivity index (χ4n) is 3.27. The van der Waals surface area contributed by atoms with Gasteiger partial charge in [0.1, 0.15) is 13.2 Å². The van der Waals surface area contributed by atoms with E-state index in [1.165, 1.54) is 24.3 Å². The van der Waals surface area contributed by atoms with Gasteiger partial charge in [-0.1, -0.05) is 42.5 Å². The highest BCUT2D eigenvalue weighted by molar-refractivity contribution is 7.18. The van der Waals surface area contributed by atoms with Crippen molar-refractivity contribution < 1.29 is 28.7 Å². The Hall–Kier alpha value is -3.90. The third-order valence-electron chi connectivity index (χ3n) is 5.08. The second-order valence-electron chi connectivity index (χ2n) is 7.96. The number of hydrogen-bond acceptors (Lipinski definition) is 7. The second-order valence-corrected chi connectivity index (χ2v) is 10.1. The standard InChI is InChI=1S/C27H26Cl2N4O6S/c1-2-12-39-27(37)33-21-14-17(7-8-20(21)31-24(34)16-38-13-11-28)25(35)32-19-6-4-3-5-18(19)15-30-26(36)22-9-10-23(29)40-22/h2-10,14H,1,11-13,15-16H2,(H,30,36)(H,31,34)(H,32,35)(H,33,37). The zero-order chi connectivity index (χ0) is 28.9. The van der Waals surface area contributed by atoms with E-state index in [0.717, 1.165) is 11.3 Å². The van der Waals surface area contributed by atoms with E-state index < -0.39 is 17.9 Å². The molecule has 0 aliphatic heterocycles. The molecule has 4 amide bonds. The quantitative estimate of drug-likeness (QED) is 0.115. The summed E-state index contributed by atoms with van der Waals surface area (Å²) in [5, 5.41) is 10.8. The molecule has 2 aromatic carbocycles. The Labute approximate surface area is 244 Å². The van der Waals surface area contributed by atoms with Crippen LogP contribution in [-0.4, -0.2) is 49.5 Å². The van der Waals surface area contributed by atoms with Crippen LogP contribution in [0.3, 0.4) is 0 Å². The van der Waals surface area contributed by atoms with Gasteiger partial charge in [-0.2, -0.15) is 0 Å². The number of nitrogens with one attached hydrogen (secondary N) is 4. The van der Waals surface area contributed by atoms with Gasteiger partial charge >= 0.3 is 6.09 Å². The molecule has 3 rings (SSSR count). The maximum atomic E-state index is 13.2. The number of carbonyl (C=O) groups is 4. The maximum Gasteiger partial charge on any atom is 0.412 e. The Morgan fingerprint density at radius 1 is 0.925 bits per heavy atom. The summed E-state index contributed by atoms with van der Waals surface area (Å²) in [6.07, 6.45) is 0.593. The number of carbonyl (C=O) groups excluding carboxylic acids is 4. The van der Waals surface area contributed by atoms with Crippen LogP contribution in [-0.2, 0) is 20.8 Å². The average Bonchev–Trinajstić information content (AvgIpc) is 3.38. The Balaban J connectivity index is 1.75. The van der Waals surface area contributed by atoms with Crippen LogP contribution >= 0.6 is 34.5 Å². The van der Waals surface area contributed by atoms with Crippen molar-refractivity contribution in [2.75, 3.05) is 41.7 Å². The molecular formula is C27H26Cl2N4O6S. The summed E-state index contributed by atoms with van der Waals surface area (Å²) >= 11 is 12.6. The highest BCUT2D eigenvalue weighted by Gasteiger charge is 2.16. The lowest BCUT2D eigenvalue weighted by Gasteiger charge is -2.15. The number of thiophene rings is 1. The second kappa shape index (κ2) is 15.6. The molecule has 1 heterocycles. The van der Waals surface area contributed by atoms with E-state index in [-0.39, 0.29) is 55.1 Å². The molecule has 0 saturated heterocycles. The summed E-state index contributed by atoms with van der Waals surface area (Å²) in [6, 6.07) is 14.6. The number of anilines is 3. The monoisotopic (exact) mass is 604 g/mol. The molecule has 0 radical (unpaired) electrons. The highest BCUT2D eigenvalue weighted by Crippen LogP contribution is 2.26. The lowest BCUT2D eigenvalue weighted by Crippen LogP contribution is -2.23. The Morgan fingerprint density at radius 3 is 2.45 bits per heavy atom. The lowest BCUT2D eigenvalue weighted by atomic mass is 10.1. The fraction of sp³-hybridized carbons (Fsp3) is 0.185. The van der Waals surface area contributed by atoms with E-state index in [4.69, 9.17) is 32.7 Å². The molecule has 0 fully saturated rings. The first-order valence-electron chi connectivity index (χ1n) is 11.9. The Kier molecular flexibility index (Phi) is 12.0. The molecule has 0 bridgehead atoms. The van der Waals surface area contributed by atoms with Gasteiger partial charge in [0.05, 0.1) is 27.2 Å². The van der Waals surface area contributed by atoms with Crippen molar-refractivity contribution in [2.45, 2.75) is 6.54 Å². The molecular weight excluding hydrogens is 579 g/mol. The summed E-state index contributed by atoms with van der Waals surface area (Å²) in [6.45, 7) is 3.56. The van der Waals surface area contributed by atoms with Gasteiger partial charge in [-0.05, 0) is 42.0 Å².